The topological polar surface area (TPSA) is 42.0 Å². The monoisotopic (exact) mass is 430 g/mol. The summed E-state index contributed by atoms with van der Waals surface area (Å²) in [7, 11) is 0. The molecule has 2 atom stereocenters. The molecule has 2 aliphatic heterocycles. The second-order valence-corrected chi connectivity index (χ2v) is 8.52. The summed E-state index contributed by atoms with van der Waals surface area (Å²) in [5.41, 5.74) is 1.95. The highest BCUT2D eigenvalue weighted by molar-refractivity contribution is 6.00. The first kappa shape index (κ1) is 21.3. The van der Waals surface area contributed by atoms with Gasteiger partial charge in [-0.1, -0.05) is 66.7 Å². The molecule has 2 heterocycles. The van der Waals surface area contributed by atoms with E-state index < -0.39 is 0 Å². The number of hydrogen-bond donors (Lipinski definition) is 0. The molecule has 0 N–H and O–H groups in total. The van der Waals surface area contributed by atoms with Crippen LogP contribution in [0.3, 0.4) is 0 Å². The molecule has 166 valence electrons. The summed E-state index contributed by atoms with van der Waals surface area (Å²) < 4.78 is 11.3. The average molecular weight is 431 g/mol. The molecule has 5 nitrogen and oxygen atoms in total. The Morgan fingerprint density at radius 2 is 1.28 bits per heavy atom. The van der Waals surface area contributed by atoms with Crippen molar-refractivity contribution >= 4 is 16.6 Å². The highest BCUT2D eigenvalue weighted by Gasteiger charge is 2.39. The Morgan fingerprint density at radius 1 is 0.688 bits per heavy atom. The summed E-state index contributed by atoms with van der Waals surface area (Å²) in [6.45, 7) is 5.87. The molecule has 0 radical (unpaired) electrons. The molecule has 0 aromatic heterocycles. The number of fused-ring (bicyclic) bond motifs is 1. The molecule has 2 unspecified atom stereocenters. The Balaban J connectivity index is 1.61. The molecule has 2 saturated heterocycles. The van der Waals surface area contributed by atoms with Crippen LogP contribution in [-0.2, 0) is 9.47 Å². The molecule has 5 heteroatoms. The van der Waals surface area contributed by atoms with Crippen molar-refractivity contribution < 1.29 is 14.3 Å². The van der Waals surface area contributed by atoms with Gasteiger partial charge in [0.25, 0.3) is 0 Å². The first-order chi connectivity index (χ1) is 15.8. The van der Waals surface area contributed by atoms with E-state index >= 15 is 0 Å². The minimum atomic E-state index is -0.277. The SMILES string of the molecule is O=C(c1ccccc1)C(C(c1ccc2ccccc2c1)N1CCOCC1)N1CCOCC1. The number of rotatable bonds is 6. The lowest BCUT2D eigenvalue weighted by molar-refractivity contribution is -0.0301. The molecule has 3 aromatic carbocycles. The number of hydrogen-bond acceptors (Lipinski definition) is 5. The van der Waals surface area contributed by atoms with Crippen LogP contribution in [0.4, 0.5) is 0 Å². The van der Waals surface area contributed by atoms with Crippen molar-refractivity contribution in [1.29, 1.82) is 0 Å². The highest BCUT2D eigenvalue weighted by Crippen LogP contribution is 2.33. The van der Waals surface area contributed by atoms with Crippen molar-refractivity contribution in [3.63, 3.8) is 0 Å². The summed E-state index contributed by atoms with van der Waals surface area (Å²) in [5, 5.41) is 2.42. The molecule has 5 rings (SSSR count). The zero-order valence-electron chi connectivity index (χ0n) is 18.4. The predicted molar refractivity (Wildman–Crippen MR) is 126 cm³/mol. The maximum atomic E-state index is 14.0. The van der Waals surface area contributed by atoms with E-state index in [0.717, 1.165) is 31.7 Å². The normalized spacial score (nSPS) is 20.1. The van der Waals surface area contributed by atoms with Gasteiger partial charge in [-0.05, 0) is 22.4 Å². The van der Waals surface area contributed by atoms with Gasteiger partial charge in [0, 0.05) is 31.7 Å². The van der Waals surface area contributed by atoms with E-state index in [9.17, 15) is 4.79 Å². The number of Topliss-reactive ketones (excluding diaryl/α,β-unsaturated/α-hetero) is 1. The van der Waals surface area contributed by atoms with E-state index in [4.69, 9.17) is 9.47 Å². The predicted octanol–water partition coefficient (Wildman–Crippen LogP) is 3.80. The van der Waals surface area contributed by atoms with Crippen molar-refractivity contribution in [2.75, 3.05) is 52.6 Å². The van der Waals surface area contributed by atoms with Crippen molar-refractivity contribution in [2.24, 2.45) is 0 Å². The Morgan fingerprint density at radius 3 is 1.97 bits per heavy atom. The number of nitrogens with zero attached hydrogens (tertiary/aromatic N) is 2. The average Bonchev–Trinajstić information content (AvgIpc) is 2.88. The van der Waals surface area contributed by atoms with Crippen LogP contribution in [0.15, 0.2) is 72.8 Å². The molecular weight excluding hydrogens is 400 g/mol. The zero-order valence-corrected chi connectivity index (χ0v) is 18.4. The highest BCUT2D eigenvalue weighted by atomic mass is 16.5. The summed E-state index contributed by atoms with van der Waals surface area (Å²) in [6.07, 6.45) is 0. The second-order valence-electron chi connectivity index (χ2n) is 8.52. The third-order valence-electron chi connectivity index (χ3n) is 6.62. The molecular formula is C27H30N2O3. The van der Waals surface area contributed by atoms with E-state index in [1.54, 1.807) is 0 Å². The number of carbonyl (C=O) groups excluding carboxylic acids is 1. The van der Waals surface area contributed by atoms with Gasteiger partial charge in [0.2, 0.25) is 0 Å². The molecule has 2 aliphatic rings. The van der Waals surface area contributed by atoms with E-state index in [-0.39, 0.29) is 17.9 Å². The maximum Gasteiger partial charge on any atom is 0.181 e. The van der Waals surface area contributed by atoms with E-state index in [2.05, 4.69) is 52.3 Å². The van der Waals surface area contributed by atoms with Crippen LogP contribution in [0.2, 0.25) is 0 Å². The lowest BCUT2D eigenvalue weighted by atomic mass is 9.88. The number of carbonyl (C=O) groups is 1. The van der Waals surface area contributed by atoms with Crippen molar-refractivity contribution in [3.8, 4) is 0 Å². The number of benzene rings is 3. The van der Waals surface area contributed by atoms with Crippen molar-refractivity contribution in [2.45, 2.75) is 12.1 Å². The number of ether oxygens (including phenoxy) is 2. The van der Waals surface area contributed by atoms with Gasteiger partial charge in [-0.2, -0.15) is 0 Å². The van der Waals surface area contributed by atoms with Crippen LogP contribution in [-0.4, -0.2) is 74.2 Å². The quantitative estimate of drug-likeness (QED) is 0.557. The fraction of sp³-hybridized carbons (Fsp3) is 0.370. The van der Waals surface area contributed by atoms with Crippen LogP contribution >= 0.6 is 0 Å². The van der Waals surface area contributed by atoms with Crippen LogP contribution in [0, 0.1) is 0 Å². The first-order valence-electron chi connectivity index (χ1n) is 11.5. The number of morpholine rings is 2. The maximum absolute atomic E-state index is 14.0. The summed E-state index contributed by atoms with van der Waals surface area (Å²) >= 11 is 0. The Bertz CT molecular complexity index is 1040. The third-order valence-corrected chi connectivity index (χ3v) is 6.62. The Hall–Kier alpha value is -2.57. The second kappa shape index (κ2) is 9.92. The summed E-state index contributed by atoms with van der Waals surface area (Å²) in [6, 6.07) is 24.5. The fourth-order valence-electron chi connectivity index (χ4n) is 4.98. The van der Waals surface area contributed by atoms with Crippen molar-refractivity contribution in [3.05, 3.63) is 83.9 Å². The molecule has 0 amide bonds. The van der Waals surface area contributed by atoms with Gasteiger partial charge in [0.15, 0.2) is 5.78 Å². The van der Waals surface area contributed by atoms with Gasteiger partial charge < -0.3 is 9.47 Å². The van der Waals surface area contributed by atoms with E-state index in [1.807, 2.05) is 30.3 Å². The molecule has 3 aromatic rings. The van der Waals surface area contributed by atoms with Gasteiger partial charge >= 0.3 is 0 Å². The lowest BCUT2D eigenvalue weighted by Crippen LogP contribution is -2.55. The van der Waals surface area contributed by atoms with Gasteiger partial charge in [-0.3, -0.25) is 14.6 Å². The Labute approximate surface area is 189 Å². The number of ketones is 1. The standard InChI is InChI=1S/C27H30N2O3/c30-27(22-7-2-1-3-8-22)26(29-14-18-32-19-15-29)25(28-12-16-31-17-13-28)24-11-10-21-6-4-5-9-23(21)20-24/h1-11,20,25-26H,12-19H2. The molecule has 0 spiro atoms. The van der Waals surface area contributed by atoms with Gasteiger partial charge in [-0.25, -0.2) is 0 Å². The minimum Gasteiger partial charge on any atom is -0.379 e. The lowest BCUT2D eigenvalue weighted by Gasteiger charge is -2.44. The van der Waals surface area contributed by atoms with Gasteiger partial charge in [-0.15, -0.1) is 0 Å². The molecule has 32 heavy (non-hydrogen) atoms. The van der Waals surface area contributed by atoms with Gasteiger partial charge in [0.05, 0.1) is 38.5 Å². The summed E-state index contributed by atoms with van der Waals surface area (Å²) in [5.74, 6) is 0.178. The smallest absolute Gasteiger partial charge is 0.181 e. The first-order valence-corrected chi connectivity index (χ1v) is 11.5. The molecule has 0 bridgehead atoms. The van der Waals surface area contributed by atoms with Crippen LogP contribution in [0.5, 0.6) is 0 Å². The Kier molecular flexibility index (Phi) is 6.60. The van der Waals surface area contributed by atoms with Gasteiger partial charge in [0.1, 0.15) is 0 Å². The molecule has 2 fully saturated rings. The fourth-order valence-corrected chi connectivity index (χ4v) is 4.98. The van der Waals surface area contributed by atoms with E-state index in [1.165, 1.54) is 16.3 Å². The van der Waals surface area contributed by atoms with Crippen molar-refractivity contribution in [1.82, 2.24) is 9.80 Å². The minimum absolute atomic E-state index is 0.0469. The molecule has 0 aliphatic carbocycles. The largest absolute Gasteiger partial charge is 0.379 e. The third kappa shape index (κ3) is 4.48. The van der Waals surface area contributed by atoms with E-state index in [0.29, 0.717) is 26.4 Å². The summed E-state index contributed by atoms with van der Waals surface area (Å²) in [4.78, 5) is 18.8. The zero-order chi connectivity index (χ0) is 21.8. The van der Waals surface area contributed by atoms with Crippen LogP contribution < -0.4 is 0 Å². The van der Waals surface area contributed by atoms with Crippen LogP contribution in [0.1, 0.15) is 22.0 Å². The van der Waals surface area contributed by atoms with Crippen LogP contribution in [0.25, 0.3) is 10.8 Å². The molecule has 0 saturated carbocycles.